The predicted molar refractivity (Wildman–Crippen MR) is 45.1 cm³/mol. The SMILES string of the molecule is NC1(c2ccc(F)cc2)CNC1. The third-order valence-electron chi connectivity index (χ3n) is 2.30. The third kappa shape index (κ3) is 1.11. The maximum Gasteiger partial charge on any atom is 0.123 e. The number of nitrogens with two attached hydrogens (primary N) is 1. The van der Waals surface area contributed by atoms with E-state index >= 15 is 0 Å². The molecular formula is C9H11FN2. The summed E-state index contributed by atoms with van der Waals surface area (Å²) in [4.78, 5) is 0. The molecule has 0 amide bonds. The van der Waals surface area contributed by atoms with E-state index in [1.165, 1.54) is 12.1 Å². The lowest BCUT2D eigenvalue weighted by molar-refractivity contribution is 0.287. The number of nitrogens with one attached hydrogen (secondary N) is 1. The highest BCUT2D eigenvalue weighted by Crippen LogP contribution is 2.22. The van der Waals surface area contributed by atoms with Gasteiger partial charge in [0.2, 0.25) is 0 Å². The van der Waals surface area contributed by atoms with Gasteiger partial charge in [0, 0.05) is 13.1 Å². The maximum atomic E-state index is 12.5. The highest BCUT2D eigenvalue weighted by atomic mass is 19.1. The molecule has 0 unspecified atom stereocenters. The van der Waals surface area contributed by atoms with Gasteiger partial charge in [0.1, 0.15) is 5.82 Å². The Labute approximate surface area is 70.6 Å². The van der Waals surface area contributed by atoms with Crippen molar-refractivity contribution >= 4 is 0 Å². The molecule has 3 heteroatoms. The van der Waals surface area contributed by atoms with E-state index in [0.29, 0.717) is 0 Å². The Balaban J connectivity index is 2.28. The topological polar surface area (TPSA) is 38.0 Å². The smallest absolute Gasteiger partial charge is 0.123 e. The molecule has 0 aliphatic carbocycles. The molecule has 1 aliphatic heterocycles. The van der Waals surface area contributed by atoms with Crippen LogP contribution in [-0.4, -0.2) is 13.1 Å². The van der Waals surface area contributed by atoms with Crippen molar-refractivity contribution in [1.29, 1.82) is 0 Å². The Hall–Kier alpha value is -0.930. The lowest BCUT2D eigenvalue weighted by atomic mass is 9.85. The summed E-state index contributed by atoms with van der Waals surface area (Å²) < 4.78 is 12.5. The van der Waals surface area contributed by atoms with Gasteiger partial charge in [-0.15, -0.1) is 0 Å². The monoisotopic (exact) mass is 166 g/mol. The van der Waals surface area contributed by atoms with Crippen LogP contribution in [0.25, 0.3) is 0 Å². The molecule has 1 heterocycles. The standard InChI is InChI=1S/C9H11FN2/c10-8-3-1-7(2-4-8)9(11)5-12-6-9/h1-4,12H,5-6,11H2. The van der Waals surface area contributed by atoms with Crippen LogP contribution in [0.5, 0.6) is 0 Å². The van der Waals surface area contributed by atoms with Crippen molar-refractivity contribution in [2.24, 2.45) is 5.73 Å². The highest BCUT2D eigenvalue weighted by molar-refractivity contribution is 5.28. The summed E-state index contributed by atoms with van der Waals surface area (Å²) in [6.45, 7) is 1.55. The van der Waals surface area contributed by atoms with E-state index in [1.54, 1.807) is 12.1 Å². The van der Waals surface area contributed by atoms with Crippen LogP contribution in [0, 0.1) is 5.82 Å². The van der Waals surface area contributed by atoms with Gasteiger partial charge < -0.3 is 11.1 Å². The van der Waals surface area contributed by atoms with Crippen molar-refractivity contribution in [3.63, 3.8) is 0 Å². The van der Waals surface area contributed by atoms with Gasteiger partial charge in [-0.2, -0.15) is 0 Å². The summed E-state index contributed by atoms with van der Waals surface area (Å²) in [5.41, 5.74) is 6.72. The van der Waals surface area contributed by atoms with E-state index in [0.717, 1.165) is 18.7 Å². The molecule has 1 fully saturated rings. The molecule has 0 atom stereocenters. The molecule has 1 aromatic rings. The van der Waals surface area contributed by atoms with Crippen LogP contribution >= 0.6 is 0 Å². The van der Waals surface area contributed by atoms with Gasteiger partial charge in [0.25, 0.3) is 0 Å². The van der Waals surface area contributed by atoms with Crippen LogP contribution < -0.4 is 11.1 Å². The average molecular weight is 166 g/mol. The molecule has 0 bridgehead atoms. The van der Waals surface area contributed by atoms with Gasteiger partial charge in [-0.25, -0.2) is 4.39 Å². The fourth-order valence-corrected chi connectivity index (χ4v) is 1.38. The number of rotatable bonds is 1. The number of hydrogen-bond acceptors (Lipinski definition) is 2. The molecule has 1 aliphatic rings. The first kappa shape index (κ1) is 7.71. The fourth-order valence-electron chi connectivity index (χ4n) is 1.38. The lowest BCUT2D eigenvalue weighted by Gasteiger charge is -2.39. The van der Waals surface area contributed by atoms with Crippen molar-refractivity contribution in [2.75, 3.05) is 13.1 Å². The van der Waals surface area contributed by atoms with Crippen molar-refractivity contribution in [1.82, 2.24) is 5.32 Å². The van der Waals surface area contributed by atoms with Gasteiger partial charge >= 0.3 is 0 Å². The molecule has 0 aromatic heterocycles. The predicted octanol–water partition coefficient (Wildman–Crippen LogP) is 0.583. The Morgan fingerprint density at radius 2 is 1.83 bits per heavy atom. The summed E-state index contributed by atoms with van der Waals surface area (Å²) in [6.07, 6.45) is 0. The molecular weight excluding hydrogens is 155 g/mol. The first-order valence-corrected chi connectivity index (χ1v) is 3.96. The Morgan fingerprint density at radius 1 is 1.25 bits per heavy atom. The molecule has 3 N–H and O–H groups in total. The van der Waals surface area contributed by atoms with Crippen molar-refractivity contribution < 1.29 is 4.39 Å². The van der Waals surface area contributed by atoms with Crippen molar-refractivity contribution in [2.45, 2.75) is 5.54 Å². The molecule has 0 spiro atoms. The number of benzene rings is 1. The summed E-state index contributed by atoms with van der Waals surface area (Å²) in [7, 11) is 0. The van der Waals surface area contributed by atoms with E-state index in [-0.39, 0.29) is 11.4 Å². The van der Waals surface area contributed by atoms with Gasteiger partial charge in [-0.05, 0) is 17.7 Å². The third-order valence-corrected chi connectivity index (χ3v) is 2.30. The van der Waals surface area contributed by atoms with Crippen LogP contribution in [0.2, 0.25) is 0 Å². The van der Waals surface area contributed by atoms with Crippen LogP contribution in [0.15, 0.2) is 24.3 Å². The van der Waals surface area contributed by atoms with Crippen LogP contribution in [-0.2, 0) is 5.54 Å². The molecule has 1 saturated heterocycles. The Bertz CT molecular complexity index is 277. The normalized spacial score (nSPS) is 20.2. The van der Waals surface area contributed by atoms with Crippen LogP contribution in [0.4, 0.5) is 4.39 Å². The van der Waals surface area contributed by atoms with Crippen molar-refractivity contribution in [3.05, 3.63) is 35.6 Å². The van der Waals surface area contributed by atoms with E-state index < -0.39 is 0 Å². The summed E-state index contributed by atoms with van der Waals surface area (Å²) in [6, 6.07) is 6.39. The maximum absolute atomic E-state index is 12.5. The zero-order chi connectivity index (χ0) is 8.60. The molecule has 64 valence electrons. The fraction of sp³-hybridized carbons (Fsp3) is 0.333. The highest BCUT2D eigenvalue weighted by Gasteiger charge is 2.33. The Morgan fingerprint density at radius 3 is 2.25 bits per heavy atom. The quantitative estimate of drug-likeness (QED) is 0.640. The van der Waals surface area contributed by atoms with E-state index in [9.17, 15) is 4.39 Å². The first-order chi connectivity index (χ1) is 5.71. The van der Waals surface area contributed by atoms with Crippen LogP contribution in [0.1, 0.15) is 5.56 Å². The molecule has 2 nitrogen and oxygen atoms in total. The molecule has 0 radical (unpaired) electrons. The van der Waals surface area contributed by atoms with Crippen molar-refractivity contribution in [3.8, 4) is 0 Å². The van der Waals surface area contributed by atoms with E-state index in [2.05, 4.69) is 5.32 Å². The largest absolute Gasteiger partial charge is 0.319 e. The van der Waals surface area contributed by atoms with E-state index in [1.807, 2.05) is 0 Å². The first-order valence-electron chi connectivity index (χ1n) is 3.96. The molecule has 0 saturated carbocycles. The van der Waals surface area contributed by atoms with Gasteiger partial charge in [-0.1, -0.05) is 12.1 Å². The average Bonchev–Trinajstić information content (AvgIpc) is 2.02. The number of hydrogen-bond donors (Lipinski definition) is 2. The Kier molecular flexibility index (Phi) is 1.63. The minimum absolute atomic E-state index is 0.213. The second-order valence-corrected chi connectivity index (χ2v) is 3.27. The second-order valence-electron chi connectivity index (χ2n) is 3.27. The van der Waals surface area contributed by atoms with E-state index in [4.69, 9.17) is 5.73 Å². The number of halogens is 1. The summed E-state index contributed by atoms with van der Waals surface area (Å²) >= 11 is 0. The molecule has 2 rings (SSSR count). The molecule has 1 aromatic carbocycles. The zero-order valence-electron chi connectivity index (χ0n) is 6.68. The zero-order valence-corrected chi connectivity index (χ0v) is 6.68. The minimum atomic E-state index is -0.270. The van der Waals surface area contributed by atoms with Gasteiger partial charge in [0.05, 0.1) is 5.54 Å². The van der Waals surface area contributed by atoms with Gasteiger partial charge in [0.15, 0.2) is 0 Å². The van der Waals surface area contributed by atoms with Crippen LogP contribution in [0.3, 0.4) is 0 Å². The minimum Gasteiger partial charge on any atom is -0.319 e. The molecule has 12 heavy (non-hydrogen) atoms. The summed E-state index contributed by atoms with van der Waals surface area (Å²) in [5.74, 6) is -0.213. The summed E-state index contributed by atoms with van der Waals surface area (Å²) in [5, 5.41) is 3.10. The second kappa shape index (κ2) is 2.54. The lowest BCUT2D eigenvalue weighted by Crippen LogP contribution is -2.62. The van der Waals surface area contributed by atoms with Gasteiger partial charge in [-0.3, -0.25) is 0 Å².